The number of thiazole rings is 1. The Balaban J connectivity index is 1.97. The van der Waals surface area contributed by atoms with Crippen molar-refractivity contribution in [3.8, 4) is 5.75 Å². The molecule has 116 valence electrons. The maximum atomic E-state index is 12.2. The molecular weight excluding hydrogens is 318 g/mol. The van der Waals surface area contributed by atoms with Crippen LogP contribution in [0.15, 0.2) is 35.8 Å². The number of thiocarbonyl (C=S) groups is 1. The van der Waals surface area contributed by atoms with Crippen molar-refractivity contribution in [2.75, 3.05) is 5.32 Å². The van der Waals surface area contributed by atoms with E-state index in [2.05, 4.69) is 15.6 Å². The Labute approximate surface area is 138 Å². The van der Waals surface area contributed by atoms with E-state index in [4.69, 9.17) is 17.0 Å². The largest absolute Gasteiger partial charge is 0.491 e. The Bertz CT molecular complexity index is 644. The van der Waals surface area contributed by atoms with Gasteiger partial charge in [-0.05, 0) is 43.8 Å². The molecule has 1 atom stereocenters. The van der Waals surface area contributed by atoms with Gasteiger partial charge in [0, 0.05) is 17.1 Å². The predicted octanol–water partition coefficient (Wildman–Crippen LogP) is 3.45. The molecule has 0 bridgehead atoms. The fraction of sp³-hybridized carbons (Fsp3) is 0.267. The molecule has 5 nitrogen and oxygen atoms in total. The molecule has 0 radical (unpaired) electrons. The molecule has 22 heavy (non-hydrogen) atoms. The van der Waals surface area contributed by atoms with E-state index < -0.39 is 0 Å². The molecule has 0 fully saturated rings. The zero-order valence-electron chi connectivity index (χ0n) is 12.3. The first-order valence-electron chi connectivity index (χ1n) is 6.87. The van der Waals surface area contributed by atoms with Crippen molar-refractivity contribution < 1.29 is 9.53 Å². The molecule has 1 aromatic heterocycles. The van der Waals surface area contributed by atoms with Crippen molar-refractivity contribution >= 4 is 39.7 Å². The maximum Gasteiger partial charge on any atom is 0.257 e. The molecular formula is C15H17N3O2S2. The van der Waals surface area contributed by atoms with Crippen molar-refractivity contribution in [1.82, 2.24) is 10.3 Å². The minimum absolute atomic E-state index is 0.103. The number of aromatic nitrogens is 1. The van der Waals surface area contributed by atoms with Gasteiger partial charge in [-0.2, -0.15) is 0 Å². The molecule has 0 aliphatic rings. The summed E-state index contributed by atoms with van der Waals surface area (Å²) in [5.41, 5.74) is 0.490. The molecule has 2 rings (SSSR count). The molecule has 0 aliphatic heterocycles. The van der Waals surface area contributed by atoms with Crippen LogP contribution < -0.4 is 15.4 Å². The van der Waals surface area contributed by atoms with Gasteiger partial charge in [0.05, 0.1) is 6.10 Å². The molecule has 2 aromatic rings. The molecule has 1 unspecified atom stereocenters. The molecule has 1 amide bonds. The first-order valence-corrected chi connectivity index (χ1v) is 8.16. The lowest BCUT2D eigenvalue weighted by Crippen LogP contribution is -2.34. The van der Waals surface area contributed by atoms with Crippen molar-refractivity contribution in [3.63, 3.8) is 0 Å². The molecule has 1 aromatic carbocycles. The normalized spacial score (nSPS) is 11.5. The van der Waals surface area contributed by atoms with E-state index in [9.17, 15) is 4.79 Å². The lowest BCUT2D eigenvalue weighted by atomic mass is 10.2. The molecule has 1 heterocycles. The number of anilines is 1. The zero-order valence-corrected chi connectivity index (χ0v) is 14.0. The maximum absolute atomic E-state index is 12.2. The summed E-state index contributed by atoms with van der Waals surface area (Å²) in [5.74, 6) is 0.379. The number of benzene rings is 1. The Morgan fingerprint density at radius 2 is 2.32 bits per heavy atom. The van der Waals surface area contributed by atoms with Gasteiger partial charge >= 0.3 is 0 Å². The van der Waals surface area contributed by atoms with Crippen LogP contribution in [0.25, 0.3) is 0 Å². The fourth-order valence-corrected chi connectivity index (χ4v) is 2.40. The van der Waals surface area contributed by atoms with Gasteiger partial charge < -0.3 is 10.1 Å². The van der Waals surface area contributed by atoms with Crippen molar-refractivity contribution in [3.05, 3.63) is 41.4 Å². The smallest absolute Gasteiger partial charge is 0.257 e. The van der Waals surface area contributed by atoms with Crippen LogP contribution in [0.3, 0.4) is 0 Å². The number of carbonyl (C=O) groups excluding carboxylic acids is 1. The van der Waals surface area contributed by atoms with Gasteiger partial charge in [0.15, 0.2) is 10.2 Å². The van der Waals surface area contributed by atoms with E-state index in [1.54, 1.807) is 24.4 Å². The lowest BCUT2D eigenvalue weighted by molar-refractivity contribution is 0.0977. The Morgan fingerprint density at radius 3 is 3.00 bits per heavy atom. The number of nitrogens with zero attached hydrogens (tertiary/aromatic N) is 1. The van der Waals surface area contributed by atoms with Crippen LogP contribution in [0, 0.1) is 0 Å². The number of carbonyl (C=O) groups is 1. The van der Waals surface area contributed by atoms with Gasteiger partial charge in [-0.1, -0.05) is 13.0 Å². The summed E-state index contributed by atoms with van der Waals surface area (Å²) in [7, 11) is 0. The van der Waals surface area contributed by atoms with E-state index in [0.29, 0.717) is 16.4 Å². The molecule has 2 N–H and O–H groups in total. The SMILES string of the molecule is CCC(C)Oc1cccc(C(=O)NC(=S)Nc2nccs2)c1. The molecule has 0 saturated heterocycles. The topological polar surface area (TPSA) is 63.2 Å². The number of nitrogens with one attached hydrogen (secondary N) is 2. The molecule has 7 heteroatoms. The van der Waals surface area contributed by atoms with Gasteiger partial charge in [-0.15, -0.1) is 11.3 Å². The van der Waals surface area contributed by atoms with Crippen LogP contribution in [0.5, 0.6) is 5.75 Å². The predicted molar refractivity (Wildman–Crippen MR) is 92.6 cm³/mol. The van der Waals surface area contributed by atoms with E-state index in [1.165, 1.54) is 11.3 Å². The molecule has 0 saturated carbocycles. The third kappa shape index (κ3) is 4.78. The van der Waals surface area contributed by atoms with Crippen molar-refractivity contribution in [2.24, 2.45) is 0 Å². The van der Waals surface area contributed by atoms with E-state index in [-0.39, 0.29) is 17.1 Å². The van der Waals surface area contributed by atoms with Crippen LogP contribution in [0.4, 0.5) is 5.13 Å². The zero-order chi connectivity index (χ0) is 15.9. The van der Waals surface area contributed by atoms with Gasteiger partial charge in [0.25, 0.3) is 5.91 Å². The van der Waals surface area contributed by atoms with Crippen LogP contribution in [-0.2, 0) is 0 Å². The number of rotatable bonds is 5. The highest BCUT2D eigenvalue weighted by molar-refractivity contribution is 7.80. The van der Waals surface area contributed by atoms with Crippen LogP contribution in [0.2, 0.25) is 0 Å². The third-order valence-corrected chi connectivity index (χ3v) is 3.78. The number of amides is 1. The number of ether oxygens (including phenoxy) is 1. The summed E-state index contributed by atoms with van der Waals surface area (Å²) in [6, 6.07) is 7.03. The Morgan fingerprint density at radius 1 is 1.50 bits per heavy atom. The Hall–Kier alpha value is -1.99. The van der Waals surface area contributed by atoms with Gasteiger partial charge in [0.1, 0.15) is 5.75 Å². The average Bonchev–Trinajstić information content (AvgIpc) is 3.00. The summed E-state index contributed by atoms with van der Waals surface area (Å²) in [6.45, 7) is 4.03. The van der Waals surface area contributed by atoms with Gasteiger partial charge in [0.2, 0.25) is 0 Å². The molecule has 0 aliphatic carbocycles. The highest BCUT2D eigenvalue weighted by Crippen LogP contribution is 2.16. The second kappa shape index (κ2) is 7.86. The minimum Gasteiger partial charge on any atom is -0.491 e. The standard InChI is InChI=1S/C15H17N3O2S2/c1-3-10(2)20-12-6-4-5-11(9-12)13(19)17-14(21)18-15-16-7-8-22-15/h4-10H,3H2,1-2H3,(H2,16,17,18,19,21). The quantitative estimate of drug-likeness (QED) is 0.820. The first-order chi connectivity index (χ1) is 10.6. The Kier molecular flexibility index (Phi) is 5.85. The highest BCUT2D eigenvalue weighted by atomic mass is 32.1. The minimum atomic E-state index is -0.288. The number of hydrogen-bond acceptors (Lipinski definition) is 5. The molecule has 0 spiro atoms. The van der Waals surface area contributed by atoms with Crippen molar-refractivity contribution in [2.45, 2.75) is 26.4 Å². The second-order valence-electron chi connectivity index (χ2n) is 4.61. The third-order valence-electron chi connectivity index (χ3n) is 2.89. The summed E-state index contributed by atoms with van der Waals surface area (Å²) in [4.78, 5) is 16.2. The van der Waals surface area contributed by atoms with Crippen LogP contribution in [-0.4, -0.2) is 22.1 Å². The van der Waals surface area contributed by atoms with Crippen LogP contribution >= 0.6 is 23.6 Å². The second-order valence-corrected chi connectivity index (χ2v) is 5.91. The fourth-order valence-electron chi connectivity index (χ4n) is 1.62. The monoisotopic (exact) mass is 335 g/mol. The van der Waals surface area contributed by atoms with E-state index in [0.717, 1.165) is 6.42 Å². The average molecular weight is 335 g/mol. The summed E-state index contributed by atoms with van der Waals surface area (Å²) < 4.78 is 5.71. The lowest BCUT2D eigenvalue weighted by Gasteiger charge is -2.13. The summed E-state index contributed by atoms with van der Waals surface area (Å²) in [6.07, 6.45) is 2.66. The summed E-state index contributed by atoms with van der Waals surface area (Å²) >= 11 is 6.50. The van der Waals surface area contributed by atoms with Crippen LogP contribution in [0.1, 0.15) is 30.6 Å². The number of hydrogen-bond donors (Lipinski definition) is 2. The first kappa shape index (κ1) is 16.4. The van der Waals surface area contributed by atoms with E-state index in [1.807, 2.05) is 25.3 Å². The summed E-state index contributed by atoms with van der Waals surface area (Å²) in [5, 5.41) is 8.15. The van der Waals surface area contributed by atoms with Crippen molar-refractivity contribution in [1.29, 1.82) is 0 Å². The van der Waals surface area contributed by atoms with Gasteiger partial charge in [-0.3, -0.25) is 10.1 Å². The van der Waals surface area contributed by atoms with Gasteiger partial charge in [-0.25, -0.2) is 4.98 Å². The highest BCUT2D eigenvalue weighted by Gasteiger charge is 2.10. The van der Waals surface area contributed by atoms with E-state index >= 15 is 0 Å².